The zero-order chi connectivity index (χ0) is 14.3. The number of nitrogens with zero attached hydrogens (tertiary/aromatic N) is 2. The molecule has 2 aromatic rings. The Morgan fingerprint density at radius 3 is 2.40 bits per heavy atom. The molecule has 1 saturated carbocycles. The third-order valence-electron chi connectivity index (χ3n) is 3.80. The molecule has 2 N–H and O–H groups in total. The third kappa shape index (κ3) is 2.15. The fourth-order valence-electron chi connectivity index (χ4n) is 2.60. The molecule has 3 rings (SSSR count). The highest BCUT2D eigenvalue weighted by Gasteiger charge is 2.31. The van der Waals surface area contributed by atoms with Crippen LogP contribution in [0, 0.1) is 0 Å². The summed E-state index contributed by atoms with van der Waals surface area (Å²) < 4.78 is 7.37. The molecule has 0 amide bonds. The highest BCUT2D eigenvalue weighted by Crippen LogP contribution is 2.43. The Morgan fingerprint density at radius 1 is 1.25 bits per heavy atom. The summed E-state index contributed by atoms with van der Waals surface area (Å²) in [5.74, 6) is 3.35. The highest BCUT2D eigenvalue weighted by atomic mass is 16.5. The second kappa shape index (κ2) is 4.85. The molecule has 1 aromatic heterocycles. The Morgan fingerprint density at radius 2 is 1.90 bits per heavy atom. The first kappa shape index (κ1) is 13.0. The summed E-state index contributed by atoms with van der Waals surface area (Å²) in [5.41, 5.74) is 8.28. The van der Waals surface area contributed by atoms with Crippen LogP contribution in [0.1, 0.15) is 44.5 Å². The smallest absolute Gasteiger partial charge is 0.131 e. The van der Waals surface area contributed by atoms with E-state index in [0.29, 0.717) is 12.0 Å². The molecule has 1 fully saturated rings. The number of hydrogen-bond donors (Lipinski definition) is 1. The van der Waals surface area contributed by atoms with Crippen molar-refractivity contribution in [3.63, 3.8) is 0 Å². The van der Waals surface area contributed by atoms with Gasteiger partial charge in [-0.05, 0) is 51.0 Å². The zero-order valence-corrected chi connectivity index (χ0v) is 12.3. The van der Waals surface area contributed by atoms with Crippen LogP contribution in [0.15, 0.2) is 24.3 Å². The minimum Gasteiger partial charge on any atom is -0.497 e. The van der Waals surface area contributed by atoms with Crippen molar-refractivity contribution in [2.24, 2.45) is 0 Å². The lowest BCUT2D eigenvalue weighted by molar-refractivity contribution is 0.415. The van der Waals surface area contributed by atoms with E-state index >= 15 is 0 Å². The van der Waals surface area contributed by atoms with Crippen molar-refractivity contribution < 1.29 is 4.74 Å². The number of methoxy groups -OCH3 is 1. The summed E-state index contributed by atoms with van der Waals surface area (Å²) in [6, 6.07) is 8.25. The highest BCUT2D eigenvalue weighted by molar-refractivity contribution is 5.71. The van der Waals surface area contributed by atoms with Gasteiger partial charge < -0.3 is 15.0 Å². The van der Waals surface area contributed by atoms with Crippen molar-refractivity contribution in [3.8, 4) is 17.0 Å². The van der Waals surface area contributed by atoms with Crippen molar-refractivity contribution in [2.75, 3.05) is 12.8 Å². The fourth-order valence-corrected chi connectivity index (χ4v) is 2.60. The number of nitrogens with two attached hydrogens (primary N) is 1. The molecule has 106 valence electrons. The summed E-state index contributed by atoms with van der Waals surface area (Å²) in [4.78, 5) is 4.82. The van der Waals surface area contributed by atoms with E-state index in [-0.39, 0.29) is 0 Å². The maximum absolute atomic E-state index is 6.34. The molecule has 1 heterocycles. The van der Waals surface area contributed by atoms with Crippen LogP contribution < -0.4 is 10.5 Å². The minimum absolute atomic E-state index is 0.338. The number of rotatable bonds is 4. The predicted octanol–water partition coefficient (Wildman–Crippen LogP) is 3.60. The Balaban J connectivity index is 2.06. The van der Waals surface area contributed by atoms with Crippen molar-refractivity contribution in [1.29, 1.82) is 0 Å². The molecule has 1 aliphatic carbocycles. The molecule has 0 aliphatic heterocycles. The number of benzene rings is 1. The van der Waals surface area contributed by atoms with E-state index in [1.54, 1.807) is 7.11 Å². The summed E-state index contributed by atoms with van der Waals surface area (Å²) in [6.45, 7) is 4.31. The first-order chi connectivity index (χ1) is 9.61. The summed E-state index contributed by atoms with van der Waals surface area (Å²) in [5, 5.41) is 0. The molecule has 0 atom stereocenters. The Kier molecular flexibility index (Phi) is 3.16. The van der Waals surface area contributed by atoms with Gasteiger partial charge in [0.25, 0.3) is 0 Å². The molecule has 4 heteroatoms. The molecule has 0 bridgehead atoms. The van der Waals surface area contributed by atoms with Gasteiger partial charge in [0.05, 0.1) is 7.11 Å². The van der Waals surface area contributed by atoms with Crippen molar-refractivity contribution in [2.45, 2.75) is 38.6 Å². The van der Waals surface area contributed by atoms with E-state index in [9.17, 15) is 0 Å². The van der Waals surface area contributed by atoms with Gasteiger partial charge in [-0.3, -0.25) is 0 Å². The van der Waals surface area contributed by atoms with Gasteiger partial charge in [0, 0.05) is 17.5 Å². The maximum Gasteiger partial charge on any atom is 0.131 e. The largest absolute Gasteiger partial charge is 0.497 e. The first-order valence-electron chi connectivity index (χ1n) is 7.13. The number of aromatic nitrogens is 2. The quantitative estimate of drug-likeness (QED) is 0.924. The van der Waals surface area contributed by atoms with Gasteiger partial charge in [-0.1, -0.05) is 0 Å². The lowest BCUT2D eigenvalue weighted by Crippen LogP contribution is -2.08. The predicted molar refractivity (Wildman–Crippen MR) is 81.0 cm³/mol. The normalized spacial score (nSPS) is 14.8. The summed E-state index contributed by atoms with van der Waals surface area (Å²) in [7, 11) is 1.67. The topological polar surface area (TPSA) is 53.1 Å². The second-order valence-corrected chi connectivity index (χ2v) is 5.67. The van der Waals surface area contributed by atoms with E-state index in [4.69, 9.17) is 15.5 Å². The van der Waals surface area contributed by atoms with Crippen LogP contribution in [0.25, 0.3) is 11.3 Å². The van der Waals surface area contributed by atoms with Crippen LogP contribution >= 0.6 is 0 Å². The Hall–Kier alpha value is -1.97. The van der Waals surface area contributed by atoms with E-state index in [2.05, 4.69) is 18.4 Å². The fraction of sp³-hybridized carbons (Fsp3) is 0.438. The molecule has 1 aromatic carbocycles. The minimum atomic E-state index is 0.338. The lowest BCUT2D eigenvalue weighted by Gasteiger charge is -2.13. The first-order valence-corrected chi connectivity index (χ1v) is 7.13. The number of imidazole rings is 1. The molecule has 4 nitrogen and oxygen atoms in total. The van der Waals surface area contributed by atoms with E-state index in [0.717, 1.165) is 28.6 Å². The maximum atomic E-state index is 6.34. The van der Waals surface area contributed by atoms with E-state index in [1.165, 1.54) is 12.8 Å². The molecule has 0 radical (unpaired) electrons. The molecule has 0 unspecified atom stereocenters. The number of anilines is 1. The average Bonchev–Trinajstić information content (AvgIpc) is 3.22. The van der Waals surface area contributed by atoms with Gasteiger partial charge >= 0.3 is 0 Å². The molecule has 1 aliphatic rings. The van der Waals surface area contributed by atoms with E-state index in [1.807, 2.05) is 24.3 Å². The monoisotopic (exact) mass is 271 g/mol. The number of hydrogen-bond acceptors (Lipinski definition) is 3. The standard InChI is InChI=1S/C16H21N3O/c1-10(2)19-15(17)14(18-16(19)12-4-5-12)11-6-8-13(20-3)9-7-11/h6-10,12H,4-5,17H2,1-3H3. The lowest BCUT2D eigenvalue weighted by atomic mass is 10.1. The Bertz CT molecular complexity index is 609. The van der Waals surface area contributed by atoms with Crippen LogP contribution in [-0.4, -0.2) is 16.7 Å². The SMILES string of the molecule is COc1ccc(-c2nc(C3CC3)n(C(C)C)c2N)cc1. The zero-order valence-electron chi connectivity index (χ0n) is 12.3. The van der Waals surface area contributed by atoms with Crippen molar-refractivity contribution in [3.05, 3.63) is 30.1 Å². The van der Waals surface area contributed by atoms with Gasteiger partial charge in [0.15, 0.2) is 0 Å². The second-order valence-electron chi connectivity index (χ2n) is 5.67. The number of ether oxygens (including phenoxy) is 1. The Labute approximate surface area is 119 Å². The van der Waals surface area contributed by atoms with Gasteiger partial charge in [0.2, 0.25) is 0 Å². The van der Waals surface area contributed by atoms with Gasteiger partial charge in [-0.2, -0.15) is 0 Å². The van der Waals surface area contributed by atoms with Gasteiger partial charge in [-0.25, -0.2) is 4.98 Å². The number of nitrogen functional groups attached to an aromatic ring is 1. The van der Waals surface area contributed by atoms with Crippen LogP contribution in [0.3, 0.4) is 0 Å². The molecule has 20 heavy (non-hydrogen) atoms. The van der Waals surface area contributed by atoms with Crippen LogP contribution in [-0.2, 0) is 0 Å². The van der Waals surface area contributed by atoms with E-state index < -0.39 is 0 Å². The molecular weight excluding hydrogens is 250 g/mol. The molecule has 0 spiro atoms. The van der Waals surface area contributed by atoms with Crippen molar-refractivity contribution in [1.82, 2.24) is 9.55 Å². The average molecular weight is 271 g/mol. The van der Waals surface area contributed by atoms with Crippen LogP contribution in [0.5, 0.6) is 5.75 Å². The van der Waals surface area contributed by atoms with Gasteiger partial charge in [0.1, 0.15) is 23.1 Å². The summed E-state index contributed by atoms with van der Waals surface area (Å²) >= 11 is 0. The molecule has 0 saturated heterocycles. The van der Waals surface area contributed by atoms with Crippen LogP contribution in [0.2, 0.25) is 0 Å². The third-order valence-corrected chi connectivity index (χ3v) is 3.80. The van der Waals surface area contributed by atoms with Crippen LogP contribution in [0.4, 0.5) is 5.82 Å². The molecular formula is C16H21N3O. The van der Waals surface area contributed by atoms with Gasteiger partial charge in [-0.15, -0.1) is 0 Å². The summed E-state index contributed by atoms with van der Waals surface area (Å²) in [6.07, 6.45) is 2.45. The van der Waals surface area contributed by atoms with Crippen molar-refractivity contribution >= 4 is 5.82 Å².